The Bertz CT molecular complexity index is 1480. The summed E-state index contributed by atoms with van der Waals surface area (Å²) in [6.07, 6.45) is 75.9. The molecule has 2 N–H and O–H groups in total. The molecule has 0 aromatic carbocycles. The number of amides is 1. The summed E-state index contributed by atoms with van der Waals surface area (Å²) < 4.78 is 30.8. The number of carbonyl (C=O) groups excluding carboxylic acids is 2. The number of nitrogens with zero attached hydrogens (tertiary/aromatic N) is 1. The molecule has 0 aliphatic rings. The maximum atomic E-state index is 13.6. The van der Waals surface area contributed by atoms with Gasteiger partial charge in [-0.05, 0) is 83.1 Å². The van der Waals surface area contributed by atoms with E-state index < -0.39 is 20.0 Å². The van der Waals surface area contributed by atoms with E-state index in [1.54, 1.807) is 0 Å². The van der Waals surface area contributed by atoms with Gasteiger partial charge in [0, 0.05) is 12.8 Å². The normalized spacial score (nSPS) is 13.7. The van der Waals surface area contributed by atoms with Crippen LogP contribution in [-0.2, 0) is 27.9 Å². The van der Waals surface area contributed by atoms with E-state index in [9.17, 15) is 19.0 Å². The molecular formula is C71H138N2O7P+. The molecule has 81 heavy (non-hydrogen) atoms. The summed E-state index contributed by atoms with van der Waals surface area (Å²) in [6.45, 7) is 7.05. The van der Waals surface area contributed by atoms with Gasteiger partial charge in [-0.3, -0.25) is 18.6 Å². The molecular weight excluding hydrogens is 1020 g/mol. The highest BCUT2D eigenvalue weighted by Gasteiger charge is 2.30. The number of quaternary nitrogens is 1. The molecule has 0 aromatic rings. The number of hydrogen-bond acceptors (Lipinski definition) is 6. The molecule has 3 atom stereocenters. The van der Waals surface area contributed by atoms with Gasteiger partial charge in [0.1, 0.15) is 19.3 Å². The molecule has 0 heterocycles. The van der Waals surface area contributed by atoms with Gasteiger partial charge in [-0.2, -0.15) is 0 Å². The molecule has 0 rings (SSSR count). The first kappa shape index (κ1) is 79.2. The molecule has 478 valence electrons. The highest BCUT2D eigenvalue weighted by Crippen LogP contribution is 2.43. The zero-order chi connectivity index (χ0) is 59.3. The number of phosphoric acid groups is 1. The highest BCUT2D eigenvalue weighted by molar-refractivity contribution is 7.47. The van der Waals surface area contributed by atoms with Gasteiger partial charge in [-0.25, -0.2) is 4.57 Å². The lowest BCUT2D eigenvalue weighted by atomic mass is 10.0. The monoisotopic (exact) mass is 1160 g/mol. The number of likely N-dealkylation sites (N-methyl/N-ethyl adjacent to an activating group) is 1. The molecule has 0 aromatic heterocycles. The molecule has 0 radical (unpaired) electrons. The minimum Gasteiger partial charge on any atom is -0.456 e. The van der Waals surface area contributed by atoms with E-state index in [1.807, 2.05) is 33.3 Å². The molecule has 9 nitrogen and oxygen atoms in total. The molecule has 0 fully saturated rings. The van der Waals surface area contributed by atoms with Crippen molar-refractivity contribution >= 4 is 19.7 Å². The fraction of sp³-hybridized carbons (Fsp3) is 0.887. The zero-order valence-electron chi connectivity index (χ0n) is 54.8. The largest absolute Gasteiger partial charge is 0.472 e. The van der Waals surface area contributed by atoms with Crippen molar-refractivity contribution in [3.63, 3.8) is 0 Å². The van der Waals surface area contributed by atoms with Crippen molar-refractivity contribution in [1.82, 2.24) is 5.32 Å². The molecule has 1 amide bonds. The third kappa shape index (κ3) is 62.6. The van der Waals surface area contributed by atoms with Crippen molar-refractivity contribution in [2.45, 2.75) is 367 Å². The molecule has 0 aliphatic carbocycles. The highest BCUT2D eigenvalue weighted by atomic mass is 31.2. The third-order valence-electron chi connectivity index (χ3n) is 16.1. The van der Waals surface area contributed by atoms with Crippen LogP contribution in [-0.4, -0.2) is 74.3 Å². The van der Waals surface area contributed by atoms with E-state index in [1.165, 1.54) is 263 Å². The van der Waals surface area contributed by atoms with Crippen LogP contribution in [0.3, 0.4) is 0 Å². The molecule has 3 unspecified atom stereocenters. The molecule has 10 heteroatoms. The van der Waals surface area contributed by atoms with Crippen LogP contribution in [0.2, 0.25) is 0 Å². The zero-order valence-corrected chi connectivity index (χ0v) is 55.7. The number of rotatable bonds is 65. The average Bonchev–Trinajstić information content (AvgIpc) is 3.44. The van der Waals surface area contributed by atoms with Crippen LogP contribution in [0.1, 0.15) is 355 Å². The van der Waals surface area contributed by atoms with Crippen molar-refractivity contribution in [3.8, 4) is 0 Å². The summed E-state index contributed by atoms with van der Waals surface area (Å²) in [5.74, 6) is -0.493. The molecule has 0 aliphatic heterocycles. The molecule has 0 saturated heterocycles. The maximum absolute atomic E-state index is 13.6. The van der Waals surface area contributed by atoms with Crippen LogP contribution in [0.5, 0.6) is 0 Å². The first-order valence-corrected chi connectivity index (χ1v) is 36.8. The lowest BCUT2D eigenvalue weighted by Crippen LogP contribution is -2.47. The molecule has 0 spiro atoms. The maximum Gasteiger partial charge on any atom is 0.472 e. The topological polar surface area (TPSA) is 111 Å². The second-order valence-electron chi connectivity index (χ2n) is 25.4. The minimum absolute atomic E-state index is 0.0419. The van der Waals surface area contributed by atoms with Gasteiger partial charge >= 0.3 is 13.8 Å². The summed E-state index contributed by atoms with van der Waals surface area (Å²) >= 11 is 0. The third-order valence-corrected chi connectivity index (χ3v) is 17.0. The van der Waals surface area contributed by atoms with Crippen LogP contribution in [0.25, 0.3) is 0 Å². The number of nitrogens with one attached hydrogen (secondary N) is 1. The number of carbonyl (C=O) groups is 2. The fourth-order valence-electron chi connectivity index (χ4n) is 10.6. The van der Waals surface area contributed by atoms with Crippen molar-refractivity contribution in [1.29, 1.82) is 0 Å². The minimum atomic E-state index is -4.45. The lowest BCUT2D eigenvalue weighted by Gasteiger charge is -2.27. The van der Waals surface area contributed by atoms with Crippen LogP contribution in [0.15, 0.2) is 36.5 Å². The van der Waals surface area contributed by atoms with Crippen molar-refractivity contribution in [2.75, 3.05) is 40.9 Å². The number of unbranched alkanes of at least 4 members (excludes halogenated alkanes) is 45. The van der Waals surface area contributed by atoms with Gasteiger partial charge in [-0.1, -0.05) is 295 Å². The Morgan fingerprint density at radius 3 is 1.05 bits per heavy atom. The summed E-state index contributed by atoms with van der Waals surface area (Å²) in [4.78, 5) is 37.8. The Hall–Kier alpha value is -1.77. The first-order chi connectivity index (χ1) is 39.4. The van der Waals surface area contributed by atoms with Crippen LogP contribution in [0.4, 0.5) is 0 Å². The van der Waals surface area contributed by atoms with Gasteiger partial charge in [0.25, 0.3) is 0 Å². The molecule has 0 bridgehead atoms. The number of phosphoric ester groups is 1. The Kier molecular flexibility index (Phi) is 60.0. The van der Waals surface area contributed by atoms with Crippen molar-refractivity contribution < 1.29 is 37.3 Å². The van der Waals surface area contributed by atoms with Gasteiger partial charge in [0.05, 0.1) is 33.8 Å². The summed E-state index contributed by atoms with van der Waals surface area (Å²) in [7, 11) is 1.51. The van der Waals surface area contributed by atoms with E-state index >= 15 is 0 Å². The smallest absolute Gasteiger partial charge is 0.456 e. The van der Waals surface area contributed by atoms with Crippen LogP contribution >= 0.6 is 7.82 Å². The van der Waals surface area contributed by atoms with Gasteiger partial charge in [0.2, 0.25) is 5.91 Å². The summed E-state index contributed by atoms with van der Waals surface area (Å²) in [5, 5.41) is 3.07. The number of ether oxygens (including phenoxy) is 1. The average molecular weight is 1160 g/mol. The Morgan fingerprint density at radius 2 is 0.716 bits per heavy atom. The van der Waals surface area contributed by atoms with E-state index in [-0.39, 0.29) is 25.1 Å². The Balaban J connectivity index is 4.95. The predicted octanol–water partition coefficient (Wildman–Crippen LogP) is 22.2. The number of esters is 1. The van der Waals surface area contributed by atoms with E-state index in [2.05, 4.69) is 50.4 Å². The number of hydrogen-bond donors (Lipinski definition) is 2. The van der Waals surface area contributed by atoms with E-state index in [0.29, 0.717) is 23.9 Å². The second-order valence-corrected chi connectivity index (χ2v) is 26.9. The van der Waals surface area contributed by atoms with E-state index in [4.69, 9.17) is 13.8 Å². The quantitative estimate of drug-likeness (QED) is 0.0205. The first-order valence-electron chi connectivity index (χ1n) is 35.3. The van der Waals surface area contributed by atoms with Crippen molar-refractivity contribution in [2.24, 2.45) is 0 Å². The SMILES string of the molecule is CCCCCCCC/C=C/CCCCCCCCCCCCCCCCCCCC(=O)OC(/C=C\CCCCCCCCCCC)C(COP(=O)(O)OCC[N+](C)(C)C)NC(=O)CCCCCCCCC/C=C/CCCCCCCC. The Morgan fingerprint density at radius 1 is 0.420 bits per heavy atom. The summed E-state index contributed by atoms with van der Waals surface area (Å²) in [6, 6.07) is -0.847. The van der Waals surface area contributed by atoms with Crippen molar-refractivity contribution in [3.05, 3.63) is 36.5 Å². The van der Waals surface area contributed by atoms with E-state index in [0.717, 1.165) is 57.8 Å². The van der Waals surface area contributed by atoms with Crippen LogP contribution < -0.4 is 5.32 Å². The van der Waals surface area contributed by atoms with Gasteiger partial charge < -0.3 is 19.4 Å². The number of allylic oxidation sites excluding steroid dienone is 5. The second kappa shape index (κ2) is 61.3. The van der Waals surface area contributed by atoms with Crippen LogP contribution in [0, 0.1) is 0 Å². The van der Waals surface area contributed by atoms with Gasteiger partial charge in [-0.15, -0.1) is 0 Å². The Labute approximate surface area is 504 Å². The lowest BCUT2D eigenvalue weighted by molar-refractivity contribution is -0.870. The van der Waals surface area contributed by atoms with Gasteiger partial charge in [0.15, 0.2) is 0 Å². The predicted molar refractivity (Wildman–Crippen MR) is 351 cm³/mol. The molecule has 0 saturated carbocycles. The fourth-order valence-corrected chi connectivity index (χ4v) is 11.3. The summed E-state index contributed by atoms with van der Waals surface area (Å²) in [5.41, 5.74) is 0. The standard InChI is InChI=1S/C71H137N2O7P/c1-7-10-13-16-19-22-25-27-29-31-32-33-34-35-36-37-38-39-40-42-44-46-49-52-55-58-61-64-71(75)80-69(62-59-56-53-50-47-24-21-18-15-12-9-3)68(67-79-81(76,77)78-66-65-73(4,5)6)72-70(74)63-60-57-54-51-48-45-43-41-30-28-26-23-20-17-14-11-8-2/h27-30,59,62,68-69H,7-26,31-58,60-61,63-67H2,1-6H3,(H-,72,74,76,77)/p+1/b29-27+,30-28+,62-59-.